The molecule has 1 aliphatic heterocycles. The average molecular weight is 239 g/mol. The number of carbonyl (C=O) groups excluding carboxylic acids is 1. The summed E-state index contributed by atoms with van der Waals surface area (Å²) in [6.07, 6.45) is 2.67. The molecule has 0 saturated carbocycles. The Balaban J connectivity index is 2.53. The second kappa shape index (κ2) is 3.34. The van der Waals surface area contributed by atoms with Crippen molar-refractivity contribution in [1.29, 1.82) is 0 Å². The Bertz CT molecular complexity index is 383. The lowest BCUT2D eigenvalue weighted by molar-refractivity contribution is -0.105. The van der Waals surface area contributed by atoms with E-state index < -0.39 is 0 Å². The maximum Gasteiger partial charge on any atom is 0.149 e. The third-order valence-corrected chi connectivity index (χ3v) is 2.50. The van der Waals surface area contributed by atoms with Crippen molar-refractivity contribution in [1.82, 2.24) is 0 Å². The number of halogens is 1. The highest BCUT2D eigenvalue weighted by molar-refractivity contribution is 9.10. The monoisotopic (exact) mass is 238 g/mol. The van der Waals surface area contributed by atoms with Gasteiger partial charge in [0.2, 0.25) is 0 Å². The summed E-state index contributed by atoms with van der Waals surface area (Å²) in [7, 11) is 0. The summed E-state index contributed by atoms with van der Waals surface area (Å²) in [5, 5.41) is 0. The fourth-order valence-corrected chi connectivity index (χ4v) is 1.75. The number of aldehydes is 1. The number of benzene rings is 1. The SMILES string of the molecule is O=CC1=Cc2cccc(Br)c2OC1. The summed E-state index contributed by atoms with van der Waals surface area (Å²) in [5.74, 6) is 0.813. The Kier molecular flexibility index (Phi) is 2.19. The summed E-state index contributed by atoms with van der Waals surface area (Å²) in [4.78, 5) is 10.5. The van der Waals surface area contributed by atoms with Crippen LogP contribution in [-0.4, -0.2) is 12.9 Å². The van der Waals surface area contributed by atoms with Crippen LogP contribution in [0, 0.1) is 0 Å². The van der Waals surface area contributed by atoms with Crippen LogP contribution in [0.5, 0.6) is 5.75 Å². The van der Waals surface area contributed by atoms with Crippen molar-refractivity contribution < 1.29 is 9.53 Å². The van der Waals surface area contributed by atoms with Gasteiger partial charge in [-0.2, -0.15) is 0 Å². The van der Waals surface area contributed by atoms with Crippen LogP contribution in [0.1, 0.15) is 5.56 Å². The number of hydrogen-bond acceptors (Lipinski definition) is 2. The molecule has 0 amide bonds. The van der Waals surface area contributed by atoms with Crippen molar-refractivity contribution in [2.24, 2.45) is 0 Å². The molecular weight excluding hydrogens is 232 g/mol. The van der Waals surface area contributed by atoms with Crippen LogP contribution in [0.3, 0.4) is 0 Å². The van der Waals surface area contributed by atoms with Gasteiger partial charge in [-0.05, 0) is 28.1 Å². The summed E-state index contributed by atoms with van der Waals surface area (Å²) in [6.45, 7) is 0.360. The first-order valence-corrected chi connectivity index (χ1v) is 4.67. The van der Waals surface area contributed by atoms with Crippen LogP contribution < -0.4 is 4.74 Å². The molecule has 66 valence electrons. The van der Waals surface area contributed by atoms with Gasteiger partial charge in [-0.3, -0.25) is 4.79 Å². The van der Waals surface area contributed by atoms with Crippen LogP contribution >= 0.6 is 15.9 Å². The standard InChI is InChI=1S/C10H7BrO2/c11-9-3-1-2-8-4-7(5-12)6-13-10(8)9/h1-5H,6H2. The van der Waals surface area contributed by atoms with Gasteiger partial charge in [0.1, 0.15) is 18.6 Å². The van der Waals surface area contributed by atoms with Gasteiger partial charge in [0.25, 0.3) is 0 Å². The maximum absolute atomic E-state index is 10.5. The molecule has 0 fully saturated rings. The Labute approximate surface area is 84.3 Å². The highest BCUT2D eigenvalue weighted by Crippen LogP contribution is 2.33. The molecule has 0 bridgehead atoms. The Hall–Kier alpha value is -1.09. The zero-order chi connectivity index (χ0) is 9.26. The van der Waals surface area contributed by atoms with Gasteiger partial charge in [0.05, 0.1) is 4.47 Å². The molecular formula is C10H7BrO2. The molecule has 1 aromatic carbocycles. The van der Waals surface area contributed by atoms with E-state index >= 15 is 0 Å². The third kappa shape index (κ3) is 1.52. The van der Waals surface area contributed by atoms with Gasteiger partial charge in [-0.1, -0.05) is 12.1 Å². The van der Waals surface area contributed by atoms with E-state index in [9.17, 15) is 4.79 Å². The maximum atomic E-state index is 10.5. The smallest absolute Gasteiger partial charge is 0.149 e. The van der Waals surface area contributed by atoms with E-state index in [0.29, 0.717) is 12.2 Å². The minimum atomic E-state index is 0.360. The highest BCUT2D eigenvalue weighted by atomic mass is 79.9. The molecule has 0 aliphatic carbocycles. The number of para-hydroxylation sites is 1. The second-order valence-corrected chi connectivity index (χ2v) is 3.64. The number of rotatable bonds is 1. The van der Waals surface area contributed by atoms with Gasteiger partial charge in [-0.25, -0.2) is 0 Å². The first kappa shape index (κ1) is 8.51. The highest BCUT2D eigenvalue weighted by Gasteiger charge is 2.12. The molecule has 0 aromatic heterocycles. The molecule has 0 unspecified atom stereocenters. The summed E-state index contributed by atoms with van der Waals surface area (Å²) >= 11 is 3.38. The molecule has 0 N–H and O–H groups in total. The van der Waals surface area contributed by atoms with E-state index in [2.05, 4.69) is 15.9 Å². The predicted octanol–water partition coefficient (Wildman–Crippen LogP) is 2.42. The number of carbonyl (C=O) groups is 1. The van der Waals surface area contributed by atoms with Gasteiger partial charge in [0, 0.05) is 11.1 Å². The molecule has 2 rings (SSSR count). The van der Waals surface area contributed by atoms with Gasteiger partial charge < -0.3 is 4.74 Å². The fourth-order valence-electron chi connectivity index (χ4n) is 1.26. The zero-order valence-electron chi connectivity index (χ0n) is 6.79. The third-order valence-electron chi connectivity index (χ3n) is 1.87. The van der Waals surface area contributed by atoms with Crippen LogP contribution in [-0.2, 0) is 4.79 Å². The second-order valence-electron chi connectivity index (χ2n) is 2.78. The number of ether oxygens (including phenoxy) is 1. The van der Waals surface area contributed by atoms with Crippen LogP contribution in [0.2, 0.25) is 0 Å². The van der Waals surface area contributed by atoms with E-state index in [0.717, 1.165) is 22.1 Å². The minimum absolute atomic E-state index is 0.360. The normalized spacial score (nSPS) is 14.1. The Morgan fingerprint density at radius 2 is 2.31 bits per heavy atom. The molecule has 3 heteroatoms. The molecule has 13 heavy (non-hydrogen) atoms. The van der Waals surface area contributed by atoms with Crippen molar-refractivity contribution >= 4 is 28.3 Å². The topological polar surface area (TPSA) is 26.3 Å². The summed E-state index contributed by atoms with van der Waals surface area (Å²) in [6, 6.07) is 5.75. The van der Waals surface area contributed by atoms with E-state index in [1.807, 2.05) is 24.3 Å². The average Bonchev–Trinajstić information content (AvgIpc) is 2.18. The van der Waals surface area contributed by atoms with Gasteiger partial charge in [0.15, 0.2) is 0 Å². The lowest BCUT2D eigenvalue weighted by Crippen LogP contribution is -2.08. The number of hydrogen-bond donors (Lipinski definition) is 0. The Morgan fingerprint density at radius 3 is 3.08 bits per heavy atom. The summed E-state index contributed by atoms with van der Waals surface area (Å²) in [5.41, 5.74) is 1.62. The first-order valence-electron chi connectivity index (χ1n) is 3.88. The molecule has 0 saturated heterocycles. The molecule has 0 spiro atoms. The predicted molar refractivity (Wildman–Crippen MR) is 53.7 cm³/mol. The van der Waals surface area contributed by atoms with E-state index in [-0.39, 0.29) is 0 Å². The van der Waals surface area contributed by atoms with Crippen molar-refractivity contribution in [2.45, 2.75) is 0 Å². The first-order chi connectivity index (χ1) is 6.31. The largest absolute Gasteiger partial charge is 0.487 e. The fraction of sp³-hybridized carbons (Fsp3) is 0.100. The van der Waals surface area contributed by atoms with Gasteiger partial charge in [-0.15, -0.1) is 0 Å². The number of fused-ring (bicyclic) bond motifs is 1. The van der Waals surface area contributed by atoms with Gasteiger partial charge >= 0.3 is 0 Å². The lowest BCUT2D eigenvalue weighted by atomic mass is 10.1. The van der Waals surface area contributed by atoms with Crippen molar-refractivity contribution in [2.75, 3.05) is 6.61 Å². The summed E-state index contributed by atoms with van der Waals surface area (Å²) < 4.78 is 6.33. The van der Waals surface area contributed by atoms with E-state index in [1.54, 1.807) is 0 Å². The van der Waals surface area contributed by atoms with E-state index in [1.165, 1.54) is 0 Å². The van der Waals surface area contributed by atoms with Crippen LogP contribution in [0.15, 0.2) is 28.2 Å². The molecule has 2 nitrogen and oxygen atoms in total. The molecule has 1 aliphatic rings. The molecule has 0 radical (unpaired) electrons. The Morgan fingerprint density at radius 1 is 1.46 bits per heavy atom. The zero-order valence-corrected chi connectivity index (χ0v) is 8.37. The van der Waals surface area contributed by atoms with Crippen LogP contribution in [0.25, 0.3) is 6.08 Å². The lowest BCUT2D eigenvalue weighted by Gasteiger charge is -2.15. The van der Waals surface area contributed by atoms with Crippen molar-refractivity contribution in [3.63, 3.8) is 0 Å². The molecule has 1 heterocycles. The minimum Gasteiger partial charge on any atom is -0.487 e. The van der Waals surface area contributed by atoms with E-state index in [4.69, 9.17) is 4.74 Å². The van der Waals surface area contributed by atoms with Crippen molar-refractivity contribution in [3.8, 4) is 5.75 Å². The molecule has 1 aromatic rings. The quantitative estimate of drug-likeness (QED) is 0.703. The van der Waals surface area contributed by atoms with Crippen LogP contribution in [0.4, 0.5) is 0 Å². The molecule has 0 atom stereocenters. The van der Waals surface area contributed by atoms with Crippen molar-refractivity contribution in [3.05, 3.63) is 33.8 Å².